The van der Waals surface area contributed by atoms with Gasteiger partial charge in [0.1, 0.15) is 5.76 Å². The second-order valence-electron chi connectivity index (χ2n) is 3.29. The quantitative estimate of drug-likeness (QED) is 0.653. The molecule has 0 aromatic heterocycles. The normalized spacial score (nSPS) is 11.2. The lowest BCUT2D eigenvalue weighted by atomic mass is 10.1. The molecule has 0 saturated heterocycles. The first-order chi connectivity index (χ1) is 6.63. The van der Waals surface area contributed by atoms with Crippen molar-refractivity contribution in [2.75, 3.05) is 0 Å². The first-order valence-electron chi connectivity index (χ1n) is 4.70. The number of ether oxygens (including phenoxy) is 1. The summed E-state index contributed by atoms with van der Waals surface area (Å²) < 4.78 is 5.49. The fraction of sp³-hybridized carbons (Fsp3) is 0.231. The third-order valence-electron chi connectivity index (χ3n) is 2.06. The van der Waals surface area contributed by atoms with Crippen LogP contribution in [0.4, 0.5) is 0 Å². The summed E-state index contributed by atoms with van der Waals surface area (Å²) in [6, 6.07) is 8.13. The second kappa shape index (κ2) is 4.66. The van der Waals surface area contributed by atoms with Gasteiger partial charge >= 0.3 is 0 Å². The number of hydrogen-bond donors (Lipinski definition) is 0. The van der Waals surface area contributed by atoms with E-state index in [0.29, 0.717) is 5.76 Å². The minimum atomic E-state index is 0.695. The van der Waals surface area contributed by atoms with Gasteiger partial charge in [0.2, 0.25) is 0 Å². The van der Waals surface area contributed by atoms with Crippen LogP contribution in [0.5, 0.6) is 0 Å². The highest BCUT2D eigenvalue weighted by Gasteiger charge is 1.99. The van der Waals surface area contributed by atoms with Crippen LogP contribution in [-0.4, -0.2) is 0 Å². The van der Waals surface area contributed by atoms with Crippen LogP contribution in [0.1, 0.15) is 25.0 Å². The largest absolute Gasteiger partial charge is 0.462 e. The van der Waals surface area contributed by atoms with Gasteiger partial charge in [0.25, 0.3) is 0 Å². The van der Waals surface area contributed by atoms with Crippen LogP contribution < -0.4 is 0 Å². The van der Waals surface area contributed by atoms with Crippen LogP contribution in [0.2, 0.25) is 0 Å². The van der Waals surface area contributed by atoms with Crippen LogP contribution >= 0.6 is 0 Å². The SMILES string of the molecule is C=C(O/C(C)=C\C)c1ccc(C)cc1. The summed E-state index contributed by atoms with van der Waals surface area (Å²) in [7, 11) is 0. The standard InChI is InChI=1S/C13H16O/c1-5-11(3)14-12(4)13-8-6-10(2)7-9-13/h5-9H,4H2,1-3H3/b11-5-. The maximum Gasteiger partial charge on any atom is 0.126 e. The molecule has 0 unspecified atom stereocenters. The predicted octanol–water partition coefficient (Wildman–Crippen LogP) is 3.91. The van der Waals surface area contributed by atoms with E-state index >= 15 is 0 Å². The van der Waals surface area contributed by atoms with Gasteiger partial charge in [-0.2, -0.15) is 0 Å². The molecule has 1 aromatic rings. The first kappa shape index (κ1) is 10.6. The Balaban J connectivity index is 2.75. The van der Waals surface area contributed by atoms with Gasteiger partial charge in [-0.15, -0.1) is 0 Å². The van der Waals surface area contributed by atoms with Gasteiger partial charge in [-0.05, 0) is 26.8 Å². The number of rotatable bonds is 3. The Labute approximate surface area is 85.7 Å². The van der Waals surface area contributed by atoms with Crippen molar-refractivity contribution >= 4 is 5.76 Å². The summed E-state index contributed by atoms with van der Waals surface area (Å²) in [5, 5.41) is 0. The highest BCUT2D eigenvalue weighted by molar-refractivity contribution is 5.58. The predicted molar refractivity (Wildman–Crippen MR) is 60.7 cm³/mol. The van der Waals surface area contributed by atoms with E-state index in [4.69, 9.17) is 4.74 Å². The zero-order chi connectivity index (χ0) is 10.6. The van der Waals surface area contributed by atoms with E-state index in [9.17, 15) is 0 Å². The highest BCUT2D eigenvalue weighted by Crippen LogP contribution is 2.17. The molecule has 0 saturated carbocycles. The number of allylic oxidation sites excluding steroid dienone is 2. The van der Waals surface area contributed by atoms with Crippen LogP contribution in [0.3, 0.4) is 0 Å². The lowest BCUT2D eigenvalue weighted by Gasteiger charge is -2.08. The van der Waals surface area contributed by atoms with Gasteiger partial charge in [-0.25, -0.2) is 0 Å². The van der Waals surface area contributed by atoms with Crippen molar-refractivity contribution in [1.29, 1.82) is 0 Å². The van der Waals surface area contributed by atoms with Crippen molar-refractivity contribution in [3.63, 3.8) is 0 Å². The summed E-state index contributed by atoms with van der Waals surface area (Å²) in [5.41, 5.74) is 2.26. The zero-order valence-corrected chi connectivity index (χ0v) is 9.00. The van der Waals surface area contributed by atoms with Crippen LogP contribution in [0, 0.1) is 6.92 Å². The molecule has 0 aliphatic carbocycles. The van der Waals surface area contributed by atoms with Gasteiger partial charge in [-0.3, -0.25) is 0 Å². The van der Waals surface area contributed by atoms with Crippen molar-refractivity contribution in [3.8, 4) is 0 Å². The van der Waals surface area contributed by atoms with E-state index in [1.54, 1.807) is 0 Å². The summed E-state index contributed by atoms with van der Waals surface area (Å²) in [6.45, 7) is 9.80. The van der Waals surface area contributed by atoms with E-state index in [-0.39, 0.29) is 0 Å². The molecule has 0 amide bonds. The maximum atomic E-state index is 5.49. The third kappa shape index (κ3) is 2.77. The molecule has 0 spiro atoms. The Morgan fingerprint density at radius 2 is 1.86 bits per heavy atom. The zero-order valence-electron chi connectivity index (χ0n) is 9.00. The molecule has 0 aliphatic heterocycles. The van der Waals surface area contributed by atoms with E-state index in [2.05, 4.69) is 25.6 Å². The van der Waals surface area contributed by atoms with Crippen LogP contribution in [0.15, 0.2) is 42.7 Å². The van der Waals surface area contributed by atoms with Crippen molar-refractivity contribution in [2.24, 2.45) is 0 Å². The van der Waals surface area contributed by atoms with Gasteiger partial charge in [0.15, 0.2) is 0 Å². The second-order valence-corrected chi connectivity index (χ2v) is 3.29. The third-order valence-corrected chi connectivity index (χ3v) is 2.06. The fourth-order valence-corrected chi connectivity index (χ4v) is 1.05. The first-order valence-corrected chi connectivity index (χ1v) is 4.70. The minimum absolute atomic E-state index is 0.695. The monoisotopic (exact) mass is 188 g/mol. The molecular weight excluding hydrogens is 172 g/mol. The lowest BCUT2D eigenvalue weighted by molar-refractivity contribution is 0.385. The molecule has 1 nitrogen and oxygen atoms in total. The number of aryl methyl sites for hydroxylation is 1. The molecule has 74 valence electrons. The van der Waals surface area contributed by atoms with Crippen molar-refractivity contribution in [3.05, 3.63) is 53.8 Å². The minimum Gasteiger partial charge on any atom is -0.462 e. The lowest BCUT2D eigenvalue weighted by Crippen LogP contribution is -1.88. The molecule has 14 heavy (non-hydrogen) atoms. The fourth-order valence-electron chi connectivity index (χ4n) is 1.05. The Morgan fingerprint density at radius 3 is 2.36 bits per heavy atom. The molecule has 1 aromatic carbocycles. The van der Waals surface area contributed by atoms with E-state index in [0.717, 1.165) is 11.3 Å². The summed E-state index contributed by atoms with van der Waals surface area (Å²) in [4.78, 5) is 0. The average Bonchev–Trinajstić information content (AvgIpc) is 2.18. The Bertz CT molecular complexity index is 344. The molecule has 0 aliphatic rings. The summed E-state index contributed by atoms with van der Waals surface area (Å²) >= 11 is 0. The van der Waals surface area contributed by atoms with Gasteiger partial charge < -0.3 is 4.74 Å². The molecule has 1 rings (SSSR count). The molecule has 0 radical (unpaired) electrons. The maximum absolute atomic E-state index is 5.49. The molecule has 0 fully saturated rings. The molecule has 1 heteroatoms. The average molecular weight is 188 g/mol. The van der Waals surface area contributed by atoms with E-state index in [1.807, 2.05) is 32.1 Å². The molecule has 0 bridgehead atoms. The molecule has 0 heterocycles. The van der Waals surface area contributed by atoms with Crippen molar-refractivity contribution in [2.45, 2.75) is 20.8 Å². The van der Waals surface area contributed by atoms with E-state index < -0.39 is 0 Å². The van der Waals surface area contributed by atoms with Crippen LogP contribution in [-0.2, 0) is 4.74 Å². The number of benzene rings is 1. The molecular formula is C13H16O. The highest BCUT2D eigenvalue weighted by atomic mass is 16.5. The molecule has 0 N–H and O–H groups in total. The Kier molecular flexibility index (Phi) is 3.52. The number of hydrogen-bond acceptors (Lipinski definition) is 1. The topological polar surface area (TPSA) is 9.23 Å². The Morgan fingerprint density at radius 1 is 1.29 bits per heavy atom. The van der Waals surface area contributed by atoms with Crippen molar-refractivity contribution in [1.82, 2.24) is 0 Å². The summed E-state index contributed by atoms with van der Waals surface area (Å²) in [6.07, 6.45) is 1.92. The van der Waals surface area contributed by atoms with Crippen molar-refractivity contribution < 1.29 is 4.74 Å². The molecule has 0 atom stereocenters. The summed E-state index contributed by atoms with van der Waals surface area (Å²) in [5.74, 6) is 1.57. The Hall–Kier alpha value is -1.50. The van der Waals surface area contributed by atoms with Gasteiger partial charge in [0.05, 0.1) is 5.76 Å². The van der Waals surface area contributed by atoms with Crippen LogP contribution in [0.25, 0.3) is 5.76 Å². The van der Waals surface area contributed by atoms with E-state index in [1.165, 1.54) is 5.56 Å². The van der Waals surface area contributed by atoms with Gasteiger partial charge in [-0.1, -0.05) is 36.4 Å². The smallest absolute Gasteiger partial charge is 0.126 e. The van der Waals surface area contributed by atoms with Gasteiger partial charge in [0, 0.05) is 5.56 Å².